The van der Waals surface area contributed by atoms with E-state index in [-0.39, 0.29) is 0 Å². The minimum atomic E-state index is 0.292. The number of nitrogens with one attached hydrogen (secondary N) is 1. The fourth-order valence-electron chi connectivity index (χ4n) is 3.68. The third-order valence-electron chi connectivity index (χ3n) is 4.81. The van der Waals surface area contributed by atoms with Crippen LogP contribution < -0.4 is 5.32 Å². The Balaban J connectivity index is 1.80. The first-order valence-corrected chi connectivity index (χ1v) is 8.01. The topological polar surface area (TPSA) is 12.0 Å². The van der Waals surface area contributed by atoms with Crippen LogP contribution in [0.1, 0.15) is 44.6 Å². The Morgan fingerprint density at radius 1 is 1.16 bits per heavy atom. The van der Waals surface area contributed by atoms with E-state index in [0.29, 0.717) is 20.9 Å². The molecular formula is C16H21Cl2N. The van der Waals surface area contributed by atoms with Gasteiger partial charge in [0.2, 0.25) is 0 Å². The molecule has 0 saturated heterocycles. The van der Waals surface area contributed by atoms with Gasteiger partial charge in [0.15, 0.2) is 0 Å². The Labute approximate surface area is 125 Å². The summed E-state index contributed by atoms with van der Waals surface area (Å²) in [6.45, 7) is 4.37. The molecule has 1 N–H and O–H groups in total. The molecule has 0 bridgehead atoms. The molecule has 2 aliphatic carbocycles. The summed E-state index contributed by atoms with van der Waals surface area (Å²) in [5.41, 5.74) is 2.34. The monoisotopic (exact) mass is 297 g/mol. The first kappa shape index (κ1) is 13.7. The fraction of sp³-hybridized carbons (Fsp3) is 0.625. The Morgan fingerprint density at radius 3 is 2.47 bits per heavy atom. The lowest BCUT2D eigenvalue weighted by molar-refractivity contribution is 0.116. The lowest BCUT2D eigenvalue weighted by Gasteiger charge is -2.49. The van der Waals surface area contributed by atoms with Crippen molar-refractivity contribution in [3.05, 3.63) is 33.8 Å². The van der Waals surface area contributed by atoms with Gasteiger partial charge in [-0.3, -0.25) is 0 Å². The Bertz CT molecular complexity index is 472. The SMILES string of the molecule is CCCNCC1(c2ccc(Cl)c(Cl)c2)CC2(CC2)C1. The van der Waals surface area contributed by atoms with E-state index in [0.717, 1.165) is 13.1 Å². The third-order valence-corrected chi connectivity index (χ3v) is 5.55. The van der Waals surface area contributed by atoms with Crippen LogP contribution in [0, 0.1) is 5.41 Å². The standard InChI is InChI=1S/C16H21Cl2N/c1-2-7-19-11-16(9-15(10-16)5-6-15)12-3-4-13(17)14(18)8-12/h3-4,8,19H,2,5-7,9-11H2,1H3. The summed E-state index contributed by atoms with van der Waals surface area (Å²) in [5, 5.41) is 4.94. The van der Waals surface area contributed by atoms with E-state index in [4.69, 9.17) is 23.2 Å². The van der Waals surface area contributed by atoms with Gasteiger partial charge in [-0.05, 0) is 61.8 Å². The molecule has 0 radical (unpaired) electrons. The molecule has 0 aliphatic heterocycles. The maximum absolute atomic E-state index is 6.20. The van der Waals surface area contributed by atoms with E-state index in [1.54, 1.807) is 0 Å². The predicted molar refractivity (Wildman–Crippen MR) is 82.2 cm³/mol. The van der Waals surface area contributed by atoms with Crippen LogP contribution >= 0.6 is 23.2 Å². The molecule has 1 nitrogen and oxygen atoms in total. The average molecular weight is 298 g/mol. The first-order valence-electron chi connectivity index (χ1n) is 7.26. The molecule has 1 spiro atoms. The highest BCUT2D eigenvalue weighted by Gasteiger charge is 2.60. The normalized spacial score (nSPS) is 22.3. The summed E-state index contributed by atoms with van der Waals surface area (Å²) in [7, 11) is 0. The van der Waals surface area contributed by atoms with Crippen molar-refractivity contribution in [3.8, 4) is 0 Å². The summed E-state index contributed by atoms with van der Waals surface area (Å²) in [5.74, 6) is 0. The van der Waals surface area contributed by atoms with Crippen molar-refractivity contribution in [3.63, 3.8) is 0 Å². The molecule has 104 valence electrons. The zero-order valence-corrected chi connectivity index (χ0v) is 12.9. The van der Waals surface area contributed by atoms with Crippen LogP contribution in [0.25, 0.3) is 0 Å². The Morgan fingerprint density at radius 2 is 1.89 bits per heavy atom. The van der Waals surface area contributed by atoms with Crippen molar-refractivity contribution in [2.45, 2.75) is 44.4 Å². The summed E-state index contributed by atoms with van der Waals surface area (Å²) in [4.78, 5) is 0. The quantitative estimate of drug-likeness (QED) is 0.770. The van der Waals surface area contributed by atoms with E-state index >= 15 is 0 Å². The minimum Gasteiger partial charge on any atom is -0.316 e. The highest BCUT2D eigenvalue weighted by molar-refractivity contribution is 6.42. The van der Waals surface area contributed by atoms with E-state index in [1.807, 2.05) is 6.07 Å². The zero-order valence-electron chi connectivity index (χ0n) is 11.4. The molecule has 0 aromatic heterocycles. The van der Waals surface area contributed by atoms with Gasteiger partial charge < -0.3 is 5.32 Å². The highest BCUT2D eigenvalue weighted by Crippen LogP contribution is 2.68. The lowest BCUT2D eigenvalue weighted by Crippen LogP contribution is -2.49. The highest BCUT2D eigenvalue weighted by atomic mass is 35.5. The van der Waals surface area contributed by atoms with Crippen molar-refractivity contribution in [2.75, 3.05) is 13.1 Å². The molecule has 0 heterocycles. The molecular weight excluding hydrogens is 277 g/mol. The van der Waals surface area contributed by atoms with Gasteiger partial charge in [-0.1, -0.05) is 36.2 Å². The number of hydrogen-bond donors (Lipinski definition) is 1. The van der Waals surface area contributed by atoms with Gasteiger partial charge in [-0.15, -0.1) is 0 Å². The molecule has 0 unspecified atom stereocenters. The summed E-state index contributed by atoms with van der Waals surface area (Å²) in [6, 6.07) is 6.18. The lowest BCUT2D eigenvalue weighted by atomic mass is 9.56. The van der Waals surface area contributed by atoms with Gasteiger partial charge in [0.1, 0.15) is 0 Å². The number of hydrogen-bond acceptors (Lipinski definition) is 1. The van der Waals surface area contributed by atoms with Gasteiger partial charge in [-0.2, -0.15) is 0 Å². The molecule has 2 fully saturated rings. The van der Waals surface area contributed by atoms with E-state index in [9.17, 15) is 0 Å². The van der Waals surface area contributed by atoms with Crippen LogP contribution in [0.3, 0.4) is 0 Å². The smallest absolute Gasteiger partial charge is 0.0595 e. The van der Waals surface area contributed by atoms with Crippen LogP contribution in [0.2, 0.25) is 10.0 Å². The van der Waals surface area contributed by atoms with Crippen LogP contribution in [-0.2, 0) is 5.41 Å². The fourth-order valence-corrected chi connectivity index (χ4v) is 3.97. The van der Waals surface area contributed by atoms with Crippen molar-refractivity contribution in [2.24, 2.45) is 5.41 Å². The first-order chi connectivity index (χ1) is 9.09. The van der Waals surface area contributed by atoms with E-state index < -0.39 is 0 Å². The number of benzene rings is 1. The van der Waals surface area contributed by atoms with Gasteiger partial charge in [0, 0.05) is 12.0 Å². The summed E-state index contributed by atoms with van der Waals surface area (Å²) in [6.07, 6.45) is 6.65. The predicted octanol–water partition coefficient (Wildman–Crippen LogP) is 4.80. The van der Waals surface area contributed by atoms with E-state index in [1.165, 1.54) is 37.7 Å². The largest absolute Gasteiger partial charge is 0.316 e. The molecule has 1 aromatic carbocycles. The van der Waals surface area contributed by atoms with Gasteiger partial charge in [-0.25, -0.2) is 0 Å². The molecule has 2 aliphatic rings. The van der Waals surface area contributed by atoms with Crippen molar-refractivity contribution in [1.82, 2.24) is 5.32 Å². The van der Waals surface area contributed by atoms with Crippen molar-refractivity contribution < 1.29 is 0 Å². The van der Waals surface area contributed by atoms with Crippen LogP contribution in [0.15, 0.2) is 18.2 Å². The zero-order chi connectivity index (χ0) is 13.5. The summed E-state index contributed by atoms with van der Waals surface area (Å²) < 4.78 is 0. The molecule has 0 atom stereocenters. The Kier molecular flexibility index (Phi) is 3.57. The van der Waals surface area contributed by atoms with Crippen LogP contribution in [0.4, 0.5) is 0 Å². The third kappa shape index (κ3) is 2.53. The maximum atomic E-state index is 6.20. The van der Waals surface area contributed by atoms with E-state index in [2.05, 4.69) is 24.4 Å². The second-order valence-electron chi connectivity index (χ2n) is 6.44. The molecule has 3 heteroatoms. The molecule has 19 heavy (non-hydrogen) atoms. The Hall–Kier alpha value is -0.240. The molecule has 2 saturated carbocycles. The maximum Gasteiger partial charge on any atom is 0.0595 e. The molecule has 3 rings (SSSR count). The van der Waals surface area contributed by atoms with Crippen LogP contribution in [0.5, 0.6) is 0 Å². The van der Waals surface area contributed by atoms with Gasteiger partial charge >= 0.3 is 0 Å². The minimum absolute atomic E-state index is 0.292. The van der Waals surface area contributed by atoms with Gasteiger partial charge in [0.25, 0.3) is 0 Å². The molecule has 1 aromatic rings. The number of rotatable bonds is 5. The van der Waals surface area contributed by atoms with Crippen molar-refractivity contribution in [1.29, 1.82) is 0 Å². The van der Waals surface area contributed by atoms with Gasteiger partial charge in [0.05, 0.1) is 10.0 Å². The number of halogens is 2. The summed E-state index contributed by atoms with van der Waals surface area (Å²) >= 11 is 12.2. The molecule has 0 amide bonds. The van der Waals surface area contributed by atoms with Crippen molar-refractivity contribution >= 4 is 23.2 Å². The average Bonchev–Trinajstić information content (AvgIpc) is 3.12. The van der Waals surface area contributed by atoms with Crippen LogP contribution in [-0.4, -0.2) is 13.1 Å². The second-order valence-corrected chi connectivity index (χ2v) is 7.25. The second kappa shape index (κ2) is 4.95.